The number of para-hydroxylation sites is 1. The van der Waals surface area contributed by atoms with E-state index in [0.717, 1.165) is 54.6 Å². The number of nitrogens with zero attached hydrogens (tertiary/aromatic N) is 5. The molecule has 2 N–H and O–H groups in total. The molecule has 1 amide bonds. The fraction of sp³-hybridized carbons (Fsp3) is 0.300. The van der Waals surface area contributed by atoms with Crippen molar-refractivity contribution in [3.63, 3.8) is 0 Å². The van der Waals surface area contributed by atoms with E-state index in [9.17, 15) is 4.79 Å². The molecule has 3 heterocycles. The molecule has 2 aromatic carbocycles. The second kappa shape index (κ2) is 11.4. The van der Waals surface area contributed by atoms with E-state index in [4.69, 9.17) is 4.74 Å². The van der Waals surface area contributed by atoms with Crippen LogP contribution in [0.25, 0.3) is 22.2 Å². The summed E-state index contributed by atoms with van der Waals surface area (Å²) < 4.78 is 23.0. The topological polar surface area (TPSA) is 87.5 Å². The number of carbonyl (C=O) groups is 1. The Bertz CT molecular complexity index is 1580. The lowest BCUT2D eigenvalue weighted by Crippen LogP contribution is -2.29. The molecule has 40 heavy (non-hydrogen) atoms. The van der Waals surface area contributed by atoms with E-state index in [-0.39, 0.29) is 17.5 Å². The second-order valence-corrected chi connectivity index (χ2v) is 10.2. The van der Waals surface area contributed by atoms with Gasteiger partial charge in [-0.15, -0.1) is 0 Å². The lowest BCUT2D eigenvalue weighted by Gasteiger charge is -2.26. The molecule has 1 aliphatic heterocycles. The van der Waals surface area contributed by atoms with Crippen LogP contribution in [0, 0.1) is 5.82 Å². The van der Waals surface area contributed by atoms with Crippen LogP contribution >= 0.6 is 0 Å². The van der Waals surface area contributed by atoms with Crippen molar-refractivity contribution in [1.82, 2.24) is 19.4 Å². The summed E-state index contributed by atoms with van der Waals surface area (Å²) in [6.45, 7) is 6.00. The monoisotopic (exact) mass is 543 g/mol. The number of amides is 1. The Morgan fingerprint density at radius 2 is 2.05 bits per heavy atom. The number of carbonyl (C=O) groups excluding carboxylic acids is 1. The van der Waals surface area contributed by atoms with Crippen LogP contribution < -0.4 is 20.3 Å². The van der Waals surface area contributed by atoms with Crippen molar-refractivity contribution in [2.75, 3.05) is 56.9 Å². The Hall–Kier alpha value is -4.44. The number of hydrogen-bond donors (Lipinski definition) is 2. The van der Waals surface area contributed by atoms with Gasteiger partial charge in [0.2, 0.25) is 11.9 Å². The number of nitrogens with one attached hydrogen (secondary N) is 2. The van der Waals surface area contributed by atoms with Crippen molar-refractivity contribution in [1.29, 1.82) is 0 Å². The largest absolute Gasteiger partial charge is 0.494 e. The molecule has 4 aromatic rings. The van der Waals surface area contributed by atoms with Crippen LogP contribution in [0.4, 0.5) is 27.4 Å². The maximum absolute atomic E-state index is 15.2. The van der Waals surface area contributed by atoms with Gasteiger partial charge < -0.3 is 29.7 Å². The predicted molar refractivity (Wildman–Crippen MR) is 158 cm³/mol. The van der Waals surface area contributed by atoms with Crippen LogP contribution in [0.5, 0.6) is 5.75 Å². The summed E-state index contributed by atoms with van der Waals surface area (Å²) in [7, 11) is 7.52. The first-order valence-electron chi connectivity index (χ1n) is 13.2. The van der Waals surface area contributed by atoms with Crippen LogP contribution in [0.1, 0.15) is 12.0 Å². The van der Waals surface area contributed by atoms with Crippen LogP contribution in [-0.2, 0) is 17.8 Å². The van der Waals surface area contributed by atoms with Gasteiger partial charge in [0, 0.05) is 49.9 Å². The van der Waals surface area contributed by atoms with E-state index >= 15 is 4.39 Å². The molecule has 0 spiro atoms. The smallest absolute Gasteiger partial charge is 0.247 e. The van der Waals surface area contributed by atoms with E-state index in [0.29, 0.717) is 17.1 Å². The molecule has 2 aromatic heterocycles. The minimum absolute atomic E-state index is 0.205. The summed E-state index contributed by atoms with van der Waals surface area (Å²) in [5.41, 5.74) is 5.20. The zero-order chi connectivity index (χ0) is 28.4. The van der Waals surface area contributed by atoms with E-state index in [1.165, 1.54) is 17.8 Å². The number of aryl methyl sites for hydroxylation is 2. The normalized spacial score (nSPS) is 12.4. The highest BCUT2D eigenvalue weighted by atomic mass is 19.1. The minimum atomic E-state index is -0.502. The van der Waals surface area contributed by atoms with Gasteiger partial charge in [0.05, 0.1) is 35.9 Å². The number of methoxy groups -OCH3 is 1. The van der Waals surface area contributed by atoms with Gasteiger partial charge in [-0.1, -0.05) is 24.8 Å². The maximum Gasteiger partial charge on any atom is 0.247 e. The molecule has 0 fully saturated rings. The quantitative estimate of drug-likeness (QED) is 0.271. The van der Waals surface area contributed by atoms with Crippen LogP contribution in [0.3, 0.4) is 0 Å². The van der Waals surface area contributed by atoms with E-state index in [1.54, 1.807) is 13.2 Å². The van der Waals surface area contributed by atoms with Gasteiger partial charge >= 0.3 is 0 Å². The molecule has 0 aliphatic carbocycles. The average Bonchev–Trinajstić information content (AvgIpc) is 3.33. The number of ether oxygens (including phenoxy) is 1. The number of rotatable bonds is 10. The molecular weight excluding hydrogens is 509 g/mol. The molecule has 0 saturated carbocycles. The van der Waals surface area contributed by atoms with E-state index < -0.39 is 5.82 Å². The van der Waals surface area contributed by atoms with Gasteiger partial charge in [-0.3, -0.25) is 4.79 Å². The molecule has 9 nitrogen and oxygen atoms in total. The zero-order valence-corrected chi connectivity index (χ0v) is 23.3. The zero-order valence-electron chi connectivity index (χ0n) is 23.3. The van der Waals surface area contributed by atoms with Gasteiger partial charge in [0.15, 0.2) is 5.82 Å². The third-order valence-corrected chi connectivity index (χ3v) is 7.13. The van der Waals surface area contributed by atoms with Gasteiger partial charge in [-0.2, -0.15) is 0 Å². The van der Waals surface area contributed by atoms with Gasteiger partial charge in [-0.25, -0.2) is 14.4 Å². The Kier molecular flexibility index (Phi) is 7.70. The molecule has 5 rings (SSSR count). The highest BCUT2D eigenvalue weighted by Gasteiger charge is 2.21. The third kappa shape index (κ3) is 5.35. The fourth-order valence-corrected chi connectivity index (χ4v) is 5.09. The van der Waals surface area contributed by atoms with E-state index in [1.807, 2.05) is 50.4 Å². The predicted octanol–water partition coefficient (Wildman–Crippen LogP) is 5.06. The first-order chi connectivity index (χ1) is 19.3. The number of anilines is 4. The molecule has 10 heteroatoms. The number of aromatic nitrogens is 3. The molecular formula is C30H34FN7O2. The highest BCUT2D eigenvalue weighted by Crippen LogP contribution is 2.39. The summed E-state index contributed by atoms with van der Waals surface area (Å²) in [6.07, 6.45) is 6.42. The summed E-state index contributed by atoms with van der Waals surface area (Å²) in [6, 6.07) is 9.74. The van der Waals surface area contributed by atoms with Crippen molar-refractivity contribution in [3.8, 4) is 17.0 Å². The van der Waals surface area contributed by atoms with Gasteiger partial charge in [0.1, 0.15) is 11.4 Å². The summed E-state index contributed by atoms with van der Waals surface area (Å²) >= 11 is 0. The molecule has 0 radical (unpaired) electrons. The fourth-order valence-electron chi connectivity index (χ4n) is 5.09. The molecule has 0 atom stereocenters. The lowest BCUT2D eigenvalue weighted by atomic mass is 10.0. The van der Waals surface area contributed by atoms with Crippen molar-refractivity contribution in [2.24, 2.45) is 0 Å². The lowest BCUT2D eigenvalue weighted by molar-refractivity contribution is -0.111. The first-order valence-corrected chi connectivity index (χ1v) is 13.2. The Labute approximate surface area is 233 Å². The summed E-state index contributed by atoms with van der Waals surface area (Å²) in [4.78, 5) is 25.2. The van der Waals surface area contributed by atoms with Crippen molar-refractivity contribution in [2.45, 2.75) is 19.4 Å². The molecule has 208 valence electrons. The number of hydrogen-bond acceptors (Lipinski definition) is 7. The average molecular weight is 544 g/mol. The van der Waals surface area contributed by atoms with Crippen LogP contribution in [0.15, 0.2) is 55.4 Å². The van der Waals surface area contributed by atoms with Gasteiger partial charge in [0.25, 0.3) is 0 Å². The van der Waals surface area contributed by atoms with Crippen molar-refractivity contribution >= 4 is 39.8 Å². The van der Waals surface area contributed by atoms with Crippen molar-refractivity contribution in [3.05, 3.63) is 66.8 Å². The number of likely N-dealkylation sites (N-methyl/N-ethyl adjacent to an activating group) is 2. The Morgan fingerprint density at radius 1 is 1.23 bits per heavy atom. The molecule has 0 saturated heterocycles. The number of benzene rings is 2. The highest BCUT2D eigenvalue weighted by molar-refractivity contribution is 6.02. The van der Waals surface area contributed by atoms with Gasteiger partial charge in [-0.05, 0) is 44.6 Å². The molecule has 0 unspecified atom stereocenters. The Morgan fingerprint density at radius 3 is 2.80 bits per heavy atom. The molecule has 1 aliphatic rings. The minimum Gasteiger partial charge on any atom is -0.494 e. The standard InChI is InChI=1S/C30H34FN7O2/c1-6-27(39)33-23-15-24(26(40-5)16-25(23)37(4)14-13-36(2)3)34-30-32-17-22(31)28(35-30)21-18-38-12-8-10-19-9-7-11-20(21)29(19)38/h6-7,9,11,15-18H,1,8,10,12-14H2,2-5H3,(H,33,39)(H,32,34,35). The summed E-state index contributed by atoms with van der Waals surface area (Å²) in [5, 5.41) is 7.03. The van der Waals surface area contributed by atoms with E-state index in [2.05, 4.69) is 42.7 Å². The first kappa shape index (κ1) is 27.1. The Balaban J connectivity index is 1.53. The van der Waals surface area contributed by atoms with Crippen molar-refractivity contribution < 1.29 is 13.9 Å². The maximum atomic E-state index is 15.2. The third-order valence-electron chi connectivity index (χ3n) is 7.13. The van der Waals surface area contributed by atoms with Crippen LogP contribution in [-0.4, -0.2) is 66.7 Å². The second-order valence-electron chi connectivity index (χ2n) is 10.2. The number of halogens is 1. The SMILES string of the molecule is C=CC(=O)Nc1cc(Nc2ncc(F)c(-c3cn4c5c(cccc35)CCC4)n2)c(OC)cc1N(C)CCN(C)C. The summed E-state index contributed by atoms with van der Waals surface area (Å²) in [5.74, 6) is -0.119. The molecule has 0 bridgehead atoms. The van der Waals surface area contributed by atoms with Crippen LogP contribution in [0.2, 0.25) is 0 Å².